The van der Waals surface area contributed by atoms with Gasteiger partial charge in [-0.05, 0) is 48.1 Å². The lowest BCUT2D eigenvalue weighted by molar-refractivity contribution is -0.118. The van der Waals surface area contributed by atoms with E-state index >= 15 is 0 Å². The molecule has 4 N–H and O–H groups in total. The van der Waals surface area contributed by atoms with Crippen LogP contribution in [0.3, 0.4) is 0 Å². The number of nitrogens with zero attached hydrogens (tertiary/aromatic N) is 5. The lowest BCUT2D eigenvalue weighted by Gasteiger charge is -2.22. The zero-order valence-electron chi connectivity index (χ0n) is 19.4. The average Bonchev–Trinajstić information content (AvgIpc) is 3.47. The monoisotopic (exact) mass is 486 g/mol. The highest BCUT2D eigenvalue weighted by molar-refractivity contribution is 7.99. The first-order chi connectivity index (χ1) is 17.1. The molecule has 0 radical (unpaired) electrons. The van der Waals surface area contributed by atoms with E-state index in [1.54, 1.807) is 0 Å². The number of allylic oxidation sites excluding steroid dienone is 2. The molecule has 2 aliphatic heterocycles. The number of amides is 1. The summed E-state index contributed by atoms with van der Waals surface area (Å²) in [5.74, 6) is 3.33. The second-order valence-electron chi connectivity index (χ2n) is 8.86. The Morgan fingerprint density at radius 1 is 1.20 bits per heavy atom. The van der Waals surface area contributed by atoms with E-state index < -0.39 is 0 Å². The predicted octanol–water partition coefficient (Wildman–Crippen LogP) is 3.36. The van der Waals surface area contributed by atoms with Gasteiger partial charge in [0.1, 0.15) is 17.7 Å². The minimum absolute atomic E-state index is 0.114. The van der Waals surface area contributed by atoms with E-state index in [2.05, 4.69) is 49.7 Å². The summed E-state index contributed by atoms with van der Waals surface area (Å²) in [5.41, 5.74) is 12.2. The molecule has 35 heavy (non-hydrogen) atoms. The van der Waals surface area contributed by atoms with Crippen molar-refractivity contribution in [1.82, 2.24) is 35.0 Å². The van der Waals surface area contributed by atoms with Crippen molar-refractivity contribution in [3.63, 3.8) is 0 Å². The number of nitrogen functional groups attached to an aromatic ring is 1. The summed E-state index contributed by atoms with van der Waals surface area (Å²) in [6.07, 6.45) is 9.58. The van der Waals surface area contributed by atoms with Gasteiger partial charge in [0.15, 0.2) is 5.82 Å². The molecule has 0 atom stereocenters. The van der Waals surface area contributed by atoms with Crippen LogP contribution in [-0.2, 0) is 4.79 Å². The molecule has 0 spiro atoms. The van der Waals surface area contributed by atoms with E-state index in [9.17, 15) is 4.79 Å². The number of fused-ring (bicyclic) bond motifs is 2. The molecule has 0 unspecified atom stereocenters. The van der Waals surface area contributed by atoms with Crippen LogP contribution in [0.25, 0.3) is 33.3 Å². The maximum atomic E-state index is 11.4. The number of nitrogens with one attached hydrogen (secondary N) is 2. The van der Waals surface area contributed by atoms with E-state index in [0.29, 0.717) is 24.2 Å². The van der Waals surface area contributed by atoms with Gasteiger partial charge in [0, 0.05) is 30.0 Å². The standard InChI is InChI=1S/C25H26N8OS/c1-15(34)31-23-5-4-17(12-27-23)20-11-22(33-24(20)25(26)28-14-30-33)16-2-3-18-13-29-32(21(18)10-16)19-6-8-35-9-7-19/h2-5,10-11,13-14,19,27H,6-9,12H2,1H3,(H,31,34)(H2,26,28,30). The maximum Gasteiger partial charge on any atom is 0.222 e. The molecule has 9 nitrogen and oxygen atoms in total. The summed E-state index contributed by atoms with van der Waals surface area (Å²) in [7, 11) is 0. The van der Waals surface area contributed by atoms with Crippen molar-refractivity contribution in [1.29, 1.82) is 0 Å². The second-order valence-corrected chi connectivity index (χ2v) is 10.1. The summed E-state index contributed by atoms with van der Waals surface area (Å²) in [6.45, 7) is 2.04. The molecule has 1 fully saturated rings. The van der Waals surface area contributed by atoms with E-state index in [0.717, 1.165) is 51.7 Å². The number of carbonyl (C=O) groups is 1. The van der Waals surface area contributed by atoms with Crippen LogP contribution >= 0.6 is 11.8 Å². The summed E-state index contributed by atoms with van der Waals surface area (Å²) in [4.78, 5) is 15.6. The zero-order valence-corrected chi connectivity index (χ0v) is 20.2. The van der Waals surface area contributed by atoms with Gasteiger partial charge in [0.05, 0.1) is 23.4 Å². The molecule has 2 aliphatic rings. The van der Waals surface area contributed by atoms with Gasteiger partial charge in [0.2, 0.25) is 5.91 Å². The summed E-state index contributed by atoms with van der Waals surface area (Å²) < 4.78 is 4.06. The van der Waals surface area contributed by atoms with Crippen molar-refractivity contribution in [2.45, 2.75) is 25.8 Å². The first-order valence-corrected chi connectivity index (χ1v) is 12.8. The third-order valence-corrected chi connectivity index (χ3v) is 7.64. The number of thioether (sulfide) groups is 1. The van der Waals surface area contributed by atoms with Crippen molar-refractivity contribution in [2.75, 3.05) is 23.8 Å². The van der Waals surface area contributed by atoms with E-state index in [1.807, 2.05) is 34.6 Å². The molecular weight excluding hydrogens is 460 g/mol. The topological polar surface area (TPSA) is 115 Å². The number of anilines is 1. The number of aromatic nitrogens is 5. The summed E-state index contributed by atoms with van der Waals surface area (Å²) in [6, 6.07) is 8.99. The number of rotatable bonds is 4. The lowest BCUT2D eigenvalue weighted by atomic mass is 10.0. The van der Waals surface area contributed by atoms with Gasteiger partial charge >= 0.3 is 0 Å². The predicted molar refractivity (Wildman–Crippen MR) is 140 cm³/mol. The van der Waals surface area contributed by atoms with Crippen molar-refractivity contribution in [2.24, 2.45) is 0 Å². The number of hydrogen-bond acceptors (Lipinski definition) is 7. The number of hydrogen-bond donors (Lipinski definition) is 3. The van der Waals surface area contributed by atoms with Crippen LogP contribution in [0, 0.1) is 0 Å². The maximum absolute atomic E-state index is 11.4. The Hall–Kier alpha value is -3.79. The zero-order chi connectivity index (χ0) is 23.9. The Kier molecular flexibility index (Phi) is 5.44. The normalized spacial score (nSPS) is 16.7. The van der Waals surface area contributed by atoms with E-state index in [-0.39, 0.29) is 5.91 Å². The van der Waals surface area contributed by atoms with Crippen LogP contribution in [0.4, 0.5) is 5.82 Å². The second kappa shape index (κ2) is 8.77. The molecule has 1 saturated heterocycles. The molecule has 1 aromatic carbocycles. The van der Waals surface area contributed by atoms with Crippen LogP contribution in [0.1, 0.15) is 31.4 Å². The quantitative estimate of drug-likeness (QED) is 0.405. The highest BCUT2D eigenvalue weighted by atomic mass is 32.2. The lowest BCUT2D eigenvalue weighted by Crippen LogP contribution is -2.32. The first-order valence-electron chi connectivity index (χ1n) is 11.7. The Labute approximate surface area is 206 Å². The molecule has 4 aromatic rings. The van der Waals surface area contributed by atoms with Crippen LogP contribution < -0.4 is 16.4 Å². The fourth-order valence-corrected chi connectivity index (χ4v) is 5.97. The van der Waals surface area contributed by atoms with Gasteiger partial charge in [-0.15, -0.1) is 0 Å². The largest absolute Gasteiger partial charge is 0.382 e. The van der Waals surface area contributed by atoms with Crippen LogP contribution in [0.5, 0.6) is 0 Å². The third-order valence-electron chi connectivity index (χ3n) is 6.59. The minimum atomic E-state index is -0.114. The van der Waals surface area contributed by atoms with E-state index in [1.165, 1.54) is 24.8 Å². The Bertz CT molecular complexity index is 1510. The van der Waals surface area contributed by atoms with Gasteiger partial charge in [0.25, 0.3) is 0 Å². The van der Waals surface area contributed by atoms with Crippen molar-refractivity contribution in [3.8, 4) is 11.3 Å². The molecular formula is C25H26N8OS. The molecule has 3 aromatic heterocycles. The number of dihydropyridines is 1. The summed E-state index contributed by atoms with van der Waals surface area (Å²) in [5, 5.41) is 16.5. The number of carbonyl (C=O) groups excluding carboxylic acids is 1. The highest BCUT2D eigenvalue weighted by Crippen LogP contribution is 2.35. The number of nitrogens with two attached hydrogens (primary N) is 1. The van der Waals surface area contributed by atoms with Crippen LogP contribution in [-0.4, -0.2) is 48.3 Å². The van der Waals surface area contributed by atoms with Gasteiger partial charge in [-0.1, -0.05) is 18.2 Å². The molecule has 1 amide bonds. The first kappa shape index (κ1) is 21.7. The highest BCUT2D eigenvalue weighted by Gasteiger charge is 2.21. The smallest absolute Gasteiger partial charge is 0.222 e. The van der Waals surface area contributed by atoms with Gasteiger partial charge in [-0.2, -0.15) is 22.0 Å². The molecule has 0 saturated carbocycles. The molecule has 178 valence electrons. The van der Waals surface area contributed by atoms with Gasteiger partial charge in [-0.25, -0.2) is 9.50 Å². The third kappa shape index (κ3) is 3.93. The van der Waals surface area contributed by atoms with Crippen molar-refractivity contribution >= 4 is 45.5 Å². The molecule has 0 aliphatic carbocycles. The Balaban J connectivity index is 1.46. The fourth-order valence-electron chi connectivity index (χ4n) is 4.89. The average molecular weight is 487 g/mol. The molecule has 10 heteroatoms. The molecule has 6 rings (SSSR count). The van der Waals surface area contributed by atoms with E-state index in [4.69, 9.17) is 10.8 Å². The SMILES string of the molecule is CC(=O)NC1=CC=C(c2cc(-c3ccc4cnn(C5CCSCC5)c4c3)n3ncnc(N)c23)CN1. The Morgan fingerprint density at radius 2 is 2.06 bits per heavy atom. The van der Waals surface area contributed by atoms with Crippen molar-refractivity contribution < 1.29 is 4.79 Å². The minimum Gasteiger partial charge on any atom is -0.382 e. The summed E-state index contributed by atoms with van der Waals surface area (Å²) >= 11 is 2.02. The van der Waals surface area contributed by atoms with Gasteiger partial charge < -0.3 is 16.4 Å². The molecule has 0 bridgehead atoms. The molecule has 5 heterocycles. The fraction of sp³-hybridized carbons (Fsp3) is 0.280. The van der Waals surface area contributed by atoms with Gasteiger partial charge in [-0.3, -0.25) is 9.48 Å². The van der Waals surface area contributed by atoms with Crippen LogP contribution in [0.15, 0.2) is 54.8 Å². The van der Waals surface area contributed by atoms with Crippen LogP contribution in [0.2, 0.25) is 0 Å². The number of benzene rings is 1. The Morgan fingerprint density at radius 3 is 2.83 bits per heavy atom. The van der Waals surface area contributed by atoms with Crippen molar-refractivity contribution in [3.05, 3.63) is 60.3 Å².